The second-order valence-electron chi connectivity index (χ2n) is 8.34. The lowest BCUT2D eigenvalue weighted by molar-refractivity contribution is -0.274. The lowest BCUT2D eigenvalue weighted by atomic mass is 10.1. The summed E-state index contributed by atoms with van der Waals surface area (Å²) in [7, 11) is 0.495. The van der Waals surface area contributed by atoms with Gasteiger partial charge in [-0.1, -0.05) is 26.7 Å². The number of fused-ring (bicyclic) bond motifs is 1. The van der Waals surface area contributed by atoms with Crippen LogP contribution in [0.5, 0.6) is 5.75 Å². The molecule has 11 heteroatoms. The number of hydrogen-bond donors (Lipinski definition) is 2. The molecule has 0 saturated heterocycles. The highest BCUT2D eigenvalue weighted by Crippen LogP contribution is 2.42. The number of aromatic nitrogens is 3. The summed E-state index contributed by atoms with van der Waals surface area (Å²) < 4.78 is 44.5. The van der Waals surface area contributed by atoms with Gasteiger partial charge in [0.05, 0.1) is 29.2 Å². The van der Waals surface area contributed by atoms with Crippen LogP contribution in [-0.4, -0.2) is 32.5 Å². The van der Waals surface area contributed by atoms with Crippen LogP contribution in [0.3, 0.4) is 0 Å². The molecule has 3 N–H and O–H groups in total. The van der Waals surface area contributed by atoms with E-state index < -0.39 is 12.3 Å². The number of nitrogens with two attached hydrogens (primary N) is 1. The van der Waals surface area contributed by atoms with Crippen molar-refractivity contribution < 1.29 is 22.7 Å². The van der Waals surface area contributed by atoms with E-state index in [1.54, 1.807) is 12.4 Å². The number of amides is 1. The SMILES string of the molecule is CC(C)PNc1cnc(-c2c(C(N)=O)c3ccc(OC(F)(F)F)cc3n2C2CCCC2)nc1. The molecule has 2 aromatic heterocycles. The fraction of sp³-hybridized carbons (Fsp3) is 0.409. The van der Waals surface area contributed by atoms with Crippen molar-refractivity contribution in [3.8, 4) is 17.3 Å². The Bertz CT molecular complexity index is 1160. The van der Waals surface area contributed by atoms with Crippen LogP contribution < -0.4 is 15.6 Å². The molecular weight excluding hydrogens is 454 g/mol. The number of primary amides is 1. The molecule has 1 atom stereocenters. The van der Waals surface area contributed by atoms with Gasteiger partial charge in [-0.3, -0.25) is 4.79 Å². The smallest absolute Gasteiger partial charge is 0.406 e. The van der Waals surface area contributed by atoms with E-state index in [1.165, 1.54) is 18.2 Å². The van der Waals surface area contributed by atoms with Crippen molar-refractivity contribution in [3.05, 3.63) is 36.2 Å². The number of anilines is 1. The number of halogens is 3. The molecule has 3 aromatic rings. The molecule has 7 nitrogen and oxygen atoms in total. The zero-order valence-electron chi connectivity index (χ0n) is 18.2. The lowest BCUT2D eigenvalue weighted by Gasteiger charge is -2.18. The van der Waals surface area contributed by atoms with E-state index in [-0.39, 0.29) is 17.4 Å². The molecule has 0 aliphatic heterocycles. The quantitative estimate of drug-likeness (QED) is 0.429. The van der Waals surface area contributed by atoms with E-state index >= 15 is 0 Å². The average molecular weight is 479 g/mol. The Morgan fingerprint density at radius 2 is 1.91 bits per heavy atom. The fourth-order valence-electron chi connectivity index (χ4n) is 4.24. The van der Waals surface area contributed by atoms with Gasteiger partial charge in [-0.05, 0) is 39.4 Å². The minimum atomic E-state index is -4.82. The van der Waals surface area contributed by atoms with Gasteiger partial charge in [0.2, 0.25) is 0 Å². The van der Waals surface area contributed by atoms with Gasteiger partial charge in [-0.25, -0.2) is 9.97 Å². The first-order valence-electron chi connectivity index (χ1n) is 10.7. The molecular formula is C22H25F3N5O2P. The predicted octanol–water partition coefficient (Wildman–Crippen LogP) is 5.62. The molecule has 2 heterocycles. The Morgan fingerprint density at radius 1 is 1.24 bits per heavy atom. The van der Waals surface area contributed by atoms with E-state index in [9.17, 15) is 18.0 Å². The molecule has 1 fully saturated rings. The van der Waals surface area contributed by atoms with E-state index in [4.69, 9.17) is 5.73 Å². The summed E-state index contributed by atoms with van der Waals surface area (Å²) in [6.07, 6.45) is 2.07. The van der Waals surface area contributed by atoms with Crippen LogP contribution in [0.2, 0.25) is 0 Å². The van der Waals surface area contributed by atoms with Crippen molar-refractivity contribution in [2.45, 2.75) is 57.6 Å². The van der Waals surface area contributed by atoms with Crippen molar-refractivity contribution in [1.29, 1.82) is 0 Å². The molecule has 1 aromatic carbocycles. The van der Waals surface area contributed by atoms with Crippen LogP contribution in [0.1, 0.15) is 55.9 Å². The minimum absolute atomic E-state index is 0.0134. The molecule has 1 aliphatic rings. The van der Waals surface area contributed by atoms with Gasteiger partial charge in [0.25, 0.3) is 5.91 Å². The number of ether oxygens (including phenoxy) is 1. The zero-order valence-corrected chi connectivity index (χ0v) is 19.2. The third-order valence-electron chi connectivity index (χ3n) is 5.51. The number of carbonyl (C=O) groups excluding carboxylic acids is 1. The second-order valence-corrected chi connectivity index (χ2v) is 10.0. The molecule has 0 spiro atoms. The number of nitrogens with one attached hydrogen (secondary N) is 1. The molecule has 0 bridgehead atoms. The molecule has 176 valence electrons. The van der Waals surface area contributed by atoms with E-state index in [0.717, 1.165) is 31.4 Å². The van der Waals surface area contributed by atoms with E-state index in [1.807, 2.05) is 4.57 Å². The Balaban J connectivity index is 1.89. The topological polar surface area (TPSA) is 95.1 Å². The van der Waals surface area contributed by atoms with Gasteiger partial charge in [-0.2, -0.15) is 0 Å². The molecule has 1 aliphatic carbocycles. The zero-order chi connectivity index (χ0) is 23.8. The molecule has 33 heavy (non-hydrogen) atoms. The Hall–Kier alpha value is -2.87. The van der Waals surface area contributed by atoms with Crippen LogP contribution >= 0.6 is 8.73 Å². The molecule has 1 saturated carbocycles. The summed E-state index contributed by atoms with van der Waals surface area (Å²) in [5, 5.41) is 3.72. The van der Waals surface area contributed by atoms with Crippen LogP contribution in [0.25, 0.3) is 22.4 Å². The van der Waals surface area contributed by atoms with Gasteiger partial charge in [0.1, 0.15) is 11.4 Å². The fourth-order valence-corrected chi connectivity index (χ4v) is 4.83. The first kappa shape index (κ1) is 23.3. The number of nitrogens with zero attached hydrogens (tertiary/aromatic N) is 3. The standard InChI is InChI=1S/C22H25F3N5O2P/c1-12(2)33-29-13-10-27-21(28-11-13)19-18(20(26)31)16-8-7-15(32-22(23,24)25)9-17(16)30(19)14-5-3-4-6-14/h7-12,14,29,33H,3-6H2,1-2H3,(H2,26,31). The average Bonchev–Trinajstić information content (AvgIpc) is 3.36. The summed E-state index contributed by atoms with van der Waals surface area (Å²) in [5.74, 6) is -0.753. The van der Waals surface area contributed by atoms with E-state index in [2.05, 4.69) is 33.6 Å². The Labute approximate surface area is 190 Å². The van der Waals surface area contributed by atoms with Crippen LogP contribution in [-0.2, 0) is 0 Å². The predicted molar refractivity (Wildman–Crippen MR) is 123 cm³/mol. The van der Waals surface area contributed by atoms with Gasteiger partial charge in [0, 0.05) is 17.5 Å². The highest BCUT2D eigenvalue weighted by atomic mass is 31.1. The van der Waals surface area contributed by atoms with Crippen molar-refractivity contribution >= 4 is 31.2 Å². The molecule has 4 rings (SSSR count). The third kappa shape index (κ3) is 5.05. The molecule has 1 unspecified atom stereocenters. The second kappa shape index (κ2) is 9.17. The van der Waals surface area contributed by atoms with Crippen molar-refractivity contribution in [2.24, 2.45) is 5.73 Å². The maximum atomic E-state index is 12.8. The first-order valence-corrected chi connectivity index (χ1v) is 11.8. The van der Waals surface area contributed by atoms with Gasteiger partial charge in [0.15, 0.2) is 5.82 Å². The minimum Gasteiger partial charge on any atom is -0.406 e. The summed E-state index contributed by atoms with van der Waals surface area (Å²) in [5.41, 5.74) is 8.02. The van der Waals surface area contributed by atoms with Gasteiger partial charge >= 0.3 is 6.36 Å². The molecule has 0 radical (unpaired) electrons. The van der Waals surface area contributed by atoms with Crippen LogP contribution in [0.4, 0.5) is 18.9 Å². The lowest BCUT2D eigenvalue weighted by Crippen LogP contribution is -2.17. The Kier molecular flexibility index (Phi) is 6.47. The highest BCUT2D eigenvalue weighted by molar-refractivity contribution is 7.40. The molecule has 1 amide bonds. The number of carbonyl (C=O) groups is 1. The van der Waals surface area contributed by atoms with Gasteiger partial charge < -0.3 is 20.1 Å². The number of hydrogen-bond acceptors (Lipinski definition) is 5. The first-order chi connectivity index (χ1) is 15.6. The monoisotopic (exact) mass is 479 g/mol. The largest absolute Gasteiger partial charge is 0.573 e. The normalized spacial score (nSPS) is 15.2. The van der Waals surface area contributed by atoms with Crippen molar-refractivity contribution in [2.75, 3.05) is 5.09 Å². The van der Waals surface area contributed by atoms with Gasteiger partial charge in [-0.15, -0.1) is 13.2 Å². The summed E-state index contributed by atoms with van der Waals surface area (Å²) in [6.45, 7) is 4.19. The Morgan fingerprint density at radius 3 is 2.48 bits per heavy atom. The third-order valence-corrected chi connectivity index (χ3v) is 6.52. The number of alkyl halides is 3. The van der Waals surface area contributed by atoms with Crippen LogP contribution in [0.15, 0.2) is 30.6 Å². The highest BCUT2D eigenvalue weighted by Gasteiger charge is 2.33. The van der Waals surface area contributed by atoms with Crippen LogP contribution in [0, 0.1) is 0 Å². The van der Waals surface area contributed by atoms with Crippen molar-refractivity contribution in [3.63, 3.8) is 0 Å². The maximum Gasteiger partial charge on any atom is 0.573 e. The summed E-state index contributed by atoms with van der Waals surface area (Å²) >= 11 is 0. The van der Waals surface area contributed by atoms with Crippen molar-refractivity contribution in [1.82, 2.24) is 14.5 Å². The summed E-state index contributed by atoms with van der Waals surface area (Å²) in [4.78, 5) is 21.5. The van der Waals surface area contributed by atoms with E-state index in [0.29, 0.717) is 36.8 Å². The number of rotatable bonds is 7. The summed E-state index contributed by atoms with van der Waals surface area (Å²) in [6, 6.07) is 3.91. The number of benzene rings is 1. The maximum absolute atomic E-state index is 12.8.